The number of rotatable bonds is 74. The van der Waals surface area contributed by atoms with Gasteiger partial charge in [0.2, 0.25) is 0 Å². The molecule has 0 radical (unpaired) electrons. The zero-order valence-corrected chi connectivity index (χ0v) is 63.9. The van der Waals surface area contributed by atoms with E-state index in [0.29, 0.717) is 31.6 Å². The molecule has 0 aromatic heterocycles. The summed E-state index contributed by atoms with van der Waals surface area (Å²) in [7, 11) is -9.91. The molecule has 0 heterocycles. The summed E-state index contributed by atoms with van der Waals surface area (Å²) in [5.41, 5.74) is 0. The fraction of sp³-hybridized carbons (Fsp3) is 0.947. The second kappa shape index (κ2) is 66.6. The second-order valence-corrected chi connectivity index (χ2v) is 31.7. The first-order valence-corrected chi connectivity index (χ1v) is 42.3. The second-order valence-electron chi connectivity index (χ2n) is 28.8. The molecule has 95 heavy (non-hydrogen) atoms. The van der Waals surface area contributed by atoms with E-state index < -0.39 is 97.5 Å². The first-order chi connectivity index (χ1) is 45.7. The molecule has 0 saturated heterocycles. The predicted octanol–water partition coefficient (Wildman–Crippen LogP) is 22.2. The van der Waals surface area contributed by atoms with Gasteiger partial charge in [-0.1, -0.05) is 337 Å². The number of esters is 4. The zero-order valence-electron chi connectivity index (χ0n) is 62.1. The van der Waals surface area contributed by atoms with Crippen LogP contribution >= 0.6 is 15.6 Å². The van der Waals surface area contributed by atoms with Gasteiger partial charge in [-0.15, -0.1) is 0 Å². The van der Waals surface area contributed by atoms with Crippen LogP contribution in [0.25, 0.3) is 0 Å². The highest BCUT2D eigenvalue weighted by molar-refractivity contribution is 7.47. The van der Waals surface area contributed by atoms with E-state index in [0.717, 1.165) is 108 Å². The minimum Gasteiger partial charge on any atom is -0.462 e. The van der Waals surface area contributed by atoms with Gasteiger partial charge in [-0.2, -0.15) is 0 Å². The monoisotopic (exact) mass is 1400 g/mol. The Hall–Kier alpha value is -1.94. The minimum atomic E-state index is -4.96. The summed E-state index contributed by atoms with van der Waals surface area (Å²) in [6.07, 6.45) is 52.8. The number of carbonyl (C=O) groups is 4. The van der Waals surface area contributed by atoms with Gasteiger partial charge in [-0.05, 0) is 43.4 Å². The largest absolute Gasteiger partial charge is 0.472 e. The lowest BCUT2D eigenvalue weighted by molar-refractivity contribution is -0.161. The number of carbonyl (C=O) groups excluding carboxylic acids is 4. The molecule has 19 heteroatoms. The molecule has 5 atom stereocenters. The Morgan fingerprint density at radius 1 is 0.284 bits per heavy atom. The first kappa shape index (κ1) is 93.1. The molecule has 0 aliphatic carbocycles. The fourth-order valence-electron chi connectivity index (χ4n) is 11.6. The average molecular weight is 1400 g/mol. The van der Waals surface area contributed by atoms with Gasteiger partial charge in [0.1, 0.15) is 19.3 Å². The van der Waals surface area contributed by atoms with Gasteiger partial charge in [0, 0.05) is 25.7 Å². The van der Waals surface area contributed by atoms with Gasteiger partial charge in [-0.3, -0.25) is 37.3 Å². The van der Waals surface area contributed by atoms with Crippen LogP contribution in [0.4, 0.5) is 0 Å². The predicted molar refractivity (Wildman–Crippen MR) is 386 cm³/mol. The lowest BCUT2D eigenvalue weighted by Gasteiger charge is -2.21. The van der Waals surface area contributed by atoms with Gasteiger partial charge in [0.05, 0.1) is 26.4 Å². The summed E-state index contributed by atoms with van der Waals surface area (Å²) in [5.74, 6) is 0.156. The molecule has 0 bridgehead atoms. The van der Waals surface area contributed by atoms with Crippen LogP contribution in [0.1, 0.15) is 389 Å². The van der Waals surface area contributed by atoms with Crippen molar-refractivity contribution >= 4 is 39.5 Å². The summed E-state index contributed by atoms with van der Waals surface area (Å²) in [6, 6.07) is 0. The summed E-state index contributed by atoms with van der Waals surface area (Å²) in [5, 5.41) is 10.6. The van der Waals surface area contributed by atoms with Crippen LogP contribution < -0.4 is 0 Å². The third-order valence-corrected chi connectivity index (χ3v) is 19.5. The lowest BCUT2D eigenvalue weighted by atomic mass is 10.0. The van der Waals surface area contributed by atoms with Crippen molar-refractivity contribution in [3.63, 3.8) is 0 Å². The van der Waals surface area contributed by atoms with E-state index in [2.05, 4.69) is 48.5 Å². The summed E-state index contributed by atoms with van der Waals surface area (Å²) in [4.78, 5) is 72.8. The maximum atomic E-state index is 13.1. The fourth-order valence-corrected chi connectivity index (χ4v) is 13.2. The molecule has 0 aromatic carbocycles. The Labute approximate surface area is 581 Å². The highest BCUT2D eigenvalue weighted by Crippen LogP contribution is 2.45. The van der Waals surface area contributed by atoms with Crippen LogP contribution in [0.2, 0.25) is 0 Å². The third kappa shape index (κ3) is 70.3. The summed E-state index contributed by atoms with van der Waals surface area (Å²) in [6.45, 7) is 11.9. The van der Waals surface area contributed by atoms with Crippen molar-refractivity contribution in [2.75, 3.05) is 39.6 Å². The van der Waals surface area contributed by atoms with E-state index in [9.17, 15) is 43.2 Å². The molecule has 0 rings (SSSR count). The maximum absolute atomic E-state index is 13.1. The molecule has 0 aliphatic rings. The number of ether oxygens (including phenoxy) is 4. The third-order valence-electron chi connectivity index (χ3n) is 17.6. The van der Waals surface area contributed by atoms with Crippen LogP contribution in [0.3, 0.4) is 0 Å². The quantitative estimate of drug-likeness (QED) is 0.0222. The molecular weight excluding hydrogens is 1250 g/mol. The molecule has 17 nitrogen and oxygen atoms in total. The van der Waals surface area contributed by atoms with Crippen molar-refractivity contribution in [1.29, 1.82) is 0 Å². The molecule has 2 unspecified atom stereocenters. The minimum absolute atomic E-state index is 0.106. The van der Waals surface area contributed by atoms with Crippen LogP contribution in [0, 0.1) is 17.8 Å². The van der Waals surface area contributed by atoms with Gasteiger partial charge >= 0.3 is 39.5 Å². The van der Waals surface area contributed by atoms with Crippen molar-refractivity contribution in [1.82, 2.24) is 0 Å². The highest BCUT2D eigenvalue weighted by Gasteiger charge is 2.30. The highest BCUT2D eigenvalue weighted by atomic mass is 31.2. The van der Waals surface area contributed by atoms with Crippen molar-refractivity contribution < 1.29 is 80.2 Å². The van der Waals surface area contributed by atoms with Crippen LogP contribution in [-0.4, -0.2) is 96.7 Å². The van der Waals surface area contributed by atoms with E-state index in [4.69, 9.17) is 37.0 Å². The van der Waals surface area contributed by atoms with Gasteiger partial charge in [0.15, 0.2) is 12.2 Å². The number of aliphatic hydroxyl groups excluding tert-OH is 1. The standard InChI is InChI=1S/C76H148O17P2/c1-8-9-10-11-12-13-14-25-31-36-45-52-59-75(80)93-72(64-87-74(79)58-51-44-39-38-42-49-56-69(6)7)66-91-95(84,85)89-62-70(77)61-88-94(82,83)90-65-71(92-76(81)60-53-46-37-32-27-22-18-16-20-24-29-34-41-48-55-68(4)5)63-86-73(78)57-50-43-35-30-26-21-17-15-19-23-28-33-40-47-54-67(2)3/h67-72,77H,8-66H2,1-7H3,(H,82,83)(H,84,85)/t70-,71-,72-/m1/s1. The van der Waals surface area contributed by atoms with E-state index >= 15 is 0 Å². The van der Waals surface area contributed by atoms with Crippen molar-refractivity contribution in [2.24, 2.45) is 17.8 Å². The van der Waals surface area contributed by atoms with Gasteiger partial charge in [0.25, 0.3) is 0 Å². The number of phosphoric ester groups is 2. The topological polar surface area (TPSA) is 237 Å². The number of phosphoric acid groups is 2. The van der Waals surface area contributed by atoms with Crippen molar-refractivity contribution in [3.8, 4) is 0 Å². The van der Waals surface area contributed by atoms with E-state index in [1.54, 1.807) is 0 Å². The summed E-state index contributed by atoms with van der Waals surface area (Å²) >= 11 is 0. The lowest BCUT2D eigenvalue weighted by Crippen LogP contribution is -2.30. The first-order valence-electron chi connectivity index (χ1n) is 39.3. The number of aliphatic hydroxyl groups is 1. The molecule has 564 valence electrons. The van der Waals surface area contributed by atoms with Crippen molar-refractivity contribution in [3.05, 3.63) is 0 Å². The van der Waals surface area contributed by atoms with Gasteiger partial charge in [-0.25, -0.2) is 9.13 Å². The average Bonchev–Trinajstić information content (AvgIpc) is 1.32. The summed E-state index contributed by atoms with van der Waals surface area (Å²) < 4.78 is 68.5. The van der Waals surface area contributed by atoms with Gasteiger partial charge < -0.3 is 33.8 Å². The Morgan fingerprint density at radius 2 is 0.484 bits per heavy atom. The Bertz CT molecular complexity index is 1850. The Kier molecular flexibility index (Phi) is 65.2. The van der Waals surface area contributed by atoms with Crippen LogP contribution in [0.5, 0.6) is 0 Å². The molecule has 0 fully saturated rings. The van der Waals surface area contributed by atoms with Crippen LogP contribution in [-0.2, 0) is 65.4 Å². The molecular formula is C76H148O17P2. The molecule has 0 spiro atoms. The number of unbranched alkanes of at least 4 members (excludes halogenated alkanes) is 42. The molecule has 0 aromatic rings. The SMILES string of the molecule is CCCCCCCCCCCCCCC(=O)O[C@H](COC(=O)CCCCCCCCC(C)C)COP(=O)(O)OC[C@H](O)COP(=O)(O)OC[C@@H](COC(=O)CCCCCCCCCCCCCCCCC(C)C)OC(=O)CCCCCCCCCCCCCCCCC(C)C. The van der Waals surface area contributed by atoms with Crippen molar-refractivity contribution in [2.45, 2.75) is 407 Å². The smallest absolute Gasteiger partial charge is 0.462 e. The molecule has 0 amide bonds. The maximum Gasteiger partial charge on any atom is 0.472 e. The van der Waals surface area contributed by atoms with E-state index in [-0.39, 0.29) is 25.7 Å². The Balaban J connectivity index is 5.23. The van der Waals surface area contributed by atoms with E-state index in [1.165, 1.54) is 193 Å². The zero-order chi connectivity index (χ0) is 70.1. The number of hydrogen-bond donors (Lipinski definition) is 3. The molecule has 3 N–H and O–H groups in total. The number of hydrogen-bond acceptors (Lipinski definition) is 15. The molecule has 0 saturated carbocycles. The van der Waals surface area contributed by atoms with E-state index in [1.807, 2.05) is 0 Å². The molecule has 0 aliphatic heterocycles. The van der Waals surface area contributed by atoms with Crippen LogP contribution in [0.15, 0.2) is 0 Å². The Morgan fingerprint density at radius 3 is 0.716 bits per heavy atom. The normalized spacial score (nSPS) is 14.1.